The number of hydrogen-bond donors (Lipinski definition) is 0. The van der Waals surface area contributed by atoms with Gasteiger partial charge in [0.2, 0.25) is 0 Å². The minimum absolute atomic E-state index is 0.713. The van der Waals surface area contributed by atoms with Gasteiger partial charge >= 0.3 is 149 Å². The second kappa shape index (κ2) is 1.33. The topological polar surface area (TPSA) is 0 Å². The Balaban J connectivity index is 1.02. The van der Waals surface area contributed by atoms with E-state index < -0.39 is 6.51 Å². The number of benzene rings is 2. The van der Waals surface area contributed by atoms with E-state index in [1.807, 2.05) is 18.2 Å². The Labute approximate surface area is 149 Å². The summed E-state index contributed by atoms with van der Waals surface area (Å²) < 4.78 is 0.713. The van der Waals surface area contributed by atoms with Crippen LogP contribution < -0.4 is 0 Å². The number of fused-ring (bicyclic) bond motifs is 10. The molecule has 1 heteroatoms. The molecule has 10 aliphatic rings. The van der Waals surface area contributed by atoms with E-state index in [0.29, 0.717) is 4.31 Å². The average Bonchev–Trinajstić information content (AvgIpc) is 3.65. The number of hydrogen-bond acceptors (Lipinski definition) is 0. The Morgan fingerprint density at radius 1 is 0.593 bits per heavy atom. The Morgan fingerprint density at radius 3 is 1.70 bits per heavy atom. The molecule has 0 aromatic heterocycles. The standard InChI is InChI=1S/C21H13.C5H5.Fe/c1-2-7-18(8-3-1)13-15-20-11-6-12-21(17-20)16-14-19-9-4-5-10-19;1-2-4-5-3-1;/h1-12,17H;1-5H;. The van der Waals surface area contributed by atoms with Gasteiger partial charge in [0.05, 0.1) is 0 Å². The summed E-state index contributed by atoms with van der Waals surface area (Å²) in [6.07, 6.45) is 0. The fourth-order valence-electron chi connectivity index (χ4n) is 18.0. The van der Waals surface area contributed by atoms with Crippen molar-refractivity contribution in [2.75, 3.05) is 0 Å². The molecule has 10 heterocycles. The molecule has 1 spiro atoms. The van der Waals surface area contributed by atoms with Gasteiger partial charge in [-0.25, -0.2) is 0 Å². The molecule has 0 saturated carbocycles. The second-order valence-corrected chi connectivity index (χ2v) is 36.7. The summed E-state index contributed by atoms with van der Waals surface area (Å²) in [5.41, 5.74) is 3.37. The van der Waals surface area contributed by atoms with Crippen molar-refractivity contribution >= 4 is 0 Å². The fraction of sp³-hybridized carbons (Fsp3) is 0.385. The van der Waals surface area contributed by atoms with E-state index >= 15 is 0 Å². The molecule has 4 atom stereocenters. The van der Waals surface area contributed by atoms with Crippen molar-refractivity contribution in [3.05, 3.63) is 71.3 Å². The normalized spacial score (nSPS) is 78.0. The molecule has 0 amide bonds. The summed E-state index contributed by atoms with van der Waals surface area (Å²) in [5, 5.41) is 0. The Morgan fingerprint density at radius 2 is 1.15 bits per heavy atom. The third-order valence-corrected chi connectivity index (χ3v) is 59.3. The van der Waals surface area contributed by atoms with Crippen LogP contribution in [0.4, 0.5) is 0 Å². The molecule has 27 heavy (non-hydrogen) atoms. The first-order chi connectivity index (χ1) is 13.1. The van der Waals surface area contributed by atoms with Crippen LogP contribution >= 0.6 is 0 Å². The van der Waals surface area contributed by atoms with Crippen molar-refractivity contribution in [2.24, 2.45) is 0 Å². The zero-order valence-electron chi connectivity index (χ0n) is 14.7. The maximum absolute atomic E-state index is 4.09. The molecular formula is C26H18Fe. The molecule has 12 rings (SSSR count). The van der Waals surface area contributed by atoms with Crippen LogP contribution in [-0.4, -0.2) is 0 Å². The minimum atomic E-state index is -3.02. The van der Waals surface area contributed by atoms with Gasteiger partial charge < -0.3 is 0 Å². The van der Waals surface area contributed by atoms with E-state index in [1.165, 1.54) is 48.9 Å². The maximum atomic E-state index is 4.09. The molecule has 0 bridgehead atoms. The van der Waals surface area contributed by atoms with Crippen molar-refractivity contribution in [1.29, 1.82) is 0 Å². The molecule has 10 fully saturated rings. The summed E-state index contributed by atoms with van der Waals surface area (Å²) in [6, 6.07) is 18.9. The second-order valence-electron chi connectivity index (χ2n) is 13.1. The van der Waals surface area contributed by atoms with Crippen molar-refractivity contribution < 1.29 is 6.51 Å². The zero-order chi connectivity index (χ0) is 16.9. The van der Waals surface area contributed by atoms with E-state index in [1.54, 1.807) is 0 Å². The molecule has 0 N–H and O–H groups in total. The molecule has 10 saturated heterocycles. The zero-order valence-corrected chi connectivity index (χ0v) is 15.9. The Bertz CT molecular complexity index is 1630. The van der Waals surface area contributed by atoms with Gasteiger partial charge in [-0.3, -0.25) is 0 Å². The molecule has 10 aliphatic heterocycles. The van der Waals surface area contributed by atoms with Crippen LogP contribution in [0.25, 0.3) is 0 Å². The number of rotatable bonds is 0. The summed E-state index contributed by atoms with van der Waals surface area (Å²) in [5.74, 6) is 14.4. The van der Waals surface area contributed by atoms with Gasteiger partial charge in [0.1, 0.15) is 0 Å². The van der Waals surface area contributed by atoms with Crippen LogP contribution in [0, 0.1) is 23.7 Å². The molecule has 2 aromatic rings. The summed E-state index contributed by atoms with van der Waals surface area (Å²) in [7, 11) is 0. The molecule has 0 nitrogen and oxygen atoms in total. The van der Waals surface area contributed by atoms with Crippen molar-refractivity contribution in [3.8, 4) is 23.7 Å². The third kappa shape index (κ3) is 0.204. The first-order valence-electron chi connectivity index (χ1n) is 10.5. The van der Waals surface area contributed by atoms with Crippen LogP contribution in [0.1, 0.15) is 16.7 Å². The molecule has 0 radical (unpaired) electrons. The van der Waals surface area contributed by atoms with Gasteiger partial charge in [-0.1, -0.05) is 0 Å². The Hall–Kier alpha value is -1.92. The van der Waals surface area contributed by atoms with Gasteiger partial charge in [-0.15, -0.1) is 0 Å². The molecule has 2 aromatic carbocycles. The van der Waals surface area contributed by atoms with E-state index in [-0.39, 0.29) is 0 Å². The van der Waals surface area contributed by atoms with Crippen LogP contribution in [0.15, 0.2) is 54.6 Å². The van der Waals surface area contributed by atoms with Crippen molar-refractivity contribution in [1.82, 2.24) is 0 Å². The van der Waals surface area contributed by atoms with Crippen molar-refractivity contribution in [3.63, 3.8) is 0 Å². The molecule has 130 valence electrons. The summed E-state index contributed by atoms with van der Waals surface area (Å²) >= 11 is 0. The van der Waals surface area contributed by atoms with Crippen molar-refractivity contribution in [2.45, 2.75) is 47.7 Å². The monoisotopic (exact) mass is 386 g/mol. The van der Waals surface area contributed by atoms with Crippen LogP contribution in [0.2, 0.25) is 47.7 Å². The average molecular weight is 386 g/mol. The van der Waals surface area contributed by atoms with Gasteiger partial charge in [0.15, 0.2) is 0 Å². The van der Waals surface area contributed by atoms with E-state index in [9.17, 15) is 0 Å². The van der Waals surface area contributed by atoms with E-state index in [0.717, 1.165) is 11.1 Å². The van der Waals surface area contributed by atoms with Crippen LogP contribution in [0.5, 0.6) is 0 Å². The predicted molar refractivity (Wildman–Crippen MR) is 102 cm³/mol. The Kier molecular flexibility index (Phi) is 0.552. The molecular weight excluding hydrogens is 368 g/mol. The van der Waals surface area contributed by atoms with E-state index in [4.69, 9.17) is 0 Å². The predicted octanol–water partition coefficient (Wildman–Crippen LogP) is 6.20. The fourth-order valence-corrected chi connectivity index (χ4v) is 91.0. The van der Waals surface area contributed by atoms with Gasteiger partial charge in [-0.05, 0) is 0 Å². The quantitative estimate of drug-likeness (QED) is 0.374. The van der Waals surface area contributed by atoms with E-state index in [2.05, 4.69) is 60.1 Å². The SMILES string of the molecule is C(#Cc1cccc(C#C[C]23[CH]4[CH]5[CH]6[CH]2[Fe]56432789[CH]3[CH]2[CH]7[CH]8[CH]39)c1)c1ccccc1. The van der Waals surface area contributed by atoms with Crippen LogP contribution in [-0.2, 0) is 6.51 Å². The van der Waals surface area contributed by atoms with Gasteiger partial charge in [-0.2, -0.15) is 0 Å². The third-order valence-electron chi connectivity index (χ3n) is 17.1. The van der Waals surface area contributed by atoms with Gasteiger partial charge in [0, 0.05) is 0 Å². The summed E-state index contributed by atoms with van der Waals surface area (Å²) in [6.45, 7) is -3.02. The molecule has 0 aliphatic carbocycles. The molecule has 4 unspecified atom stereocenters. The first-order valence-corrected chi connectivity index (χ1v) is 16.8. The van der Waals surface area contributed by atoms with Crippen LogP contribution in [0.3, 0.4) is 0 Å². The van der Waals surface area contributed by atoms with Gasteiger partial charge in [0.25, 0.3) is 0 Å². The first kappa shape index (κ1) is 11.2. The summed E-state index contributed by atoms with van der Waals surface area (Å²) in [4.78, 5) is 12.1.